The van der Waals surface area contributed by atoms with E-state index in [0.29, 0.717) is 6.04 Å². The molecule has 2 nitrogen and oxygen atoms in total. The van der Waals surface area contributed by atoms with Crippen molar-refractivity contribution in [2.45, 2.75) is 46.1 Å². The maximum Gasteiger partial charge on any atom is 0.110 e. The van der Waals surface area contributed by atoms with Gasteiger partial charge in [-0.25, -0.2) is 4.98 Å². The first-order valence-electron chi connectivity index (χ1n) is 5.89. The molecule has 1 aromatic heterocycles. The number of rotatable bonds is 5. The van der Waals surface area contributed by atoms with Gasteiger partial charge in [-0.1, -0.05) is 6.92 Å². The number of hydrogen-bond donors (Lipinski definition) is 1. The molecule has 1 atom stereocenters. The number of nitrogens with one attached hydrogen (secondary N) is 1. The zero-order chi connectivity index (χ0) is 10.8. The van der Waals surface area contributed by atoms with Crippen LogP contribution in [0.2, 0.25) is 0 Å². The smallest absolute Gasteiger partial charge is 0.110 e. The molecule has 0 bridgehead atoms. The predicted octanol–water partition coefficient (Wildman–Crippen LogP) is 3.21. The third-order valence-corrected chi connectivity index (χ3v) is 4.17. The highest BCUT2D eigenvalue weighted by Gasteiger charge is 2.33. The molecule has 0 aliphatic heterocycles. The van der Waals surface area contributed by atoms with E-state index in [2.05, 4.69) is 31.1 Å². The van der Waals surface area contributed by atoms with Crippen LogP contribution in [0.5, 0.6) is 0 Å². The van der Waals surface area contributed by atoms with Crippen molar-refractivity contribution >= 4 is 11.3 Å². The summed E-state index contributed by atoms with van der Waals surface area (Å²) < 4.78 is 0. The molecule has 15 heavy (non-hydrogen) atoms. The summed E-state index contributed by atoms with van der Waals surface area (Å²) in [6.07, 6.45) is 3.95. The standard InChI is InChI=1S/C12H20N2S/c1-4-7-13-11(10-5-6-10)12-14-8(2)9(3)15-12/h10-11,13H,4-7H2,1-3H3. The Labute approximate surface area is 96.1 Å². The highest BCUT2D eigenvalue weighted by Crippen LogP contribution is 2.42. The summed E-state index contributed by atoms with van der Waals surface area (Å²) in [5.74, 6) is 0.849. The van der Waals surface area contributed by atoms with Crippen molar-refractivity contribution in [3.8, 4) is 0 Å². The van der Waals surface area contributed by atoms with E-state index in [0.717, 1.165) is 12.5 Å². The largest absolute Gasteiger partial charge is 0.308 e. The van der Waals surface area contributed by atoms with E-state index in [4.69, 9.17) is 0 Å². The topological polar surface area (TPSA) is 24.9 Å². The molecule has 1 fully saturated rings. The third-order valence-electron chi connectivity index (χ3n) is 3.02. The van der Waals surface area contributed by atoms with E-state index < -0.39 is 0 Å². The SMILES string of the molecule is CCCNC(c1nc(C)c(C)s1)C1CC1. The molecule has 0 saturated heterocycles. The lowest BCUT2D eigenvalue weighted by Crippen LogP contribution is -2.23. The van der Waals surface area contributed by atoms with Gasteiger partial charge in [-0.2, -0.15) is 0 Å². The minimum absolute atomic E-state index is 0.530. The van der Waals surface area contributed by atoms with Gasteiger partial charge in [-0.05, 0) is 45.6 Å². The van der Waals surface area contributed by atoms with Gasteiger partial charge < -0.3 is 5.32 Å². The van der Waals surface area contributed by atoms with Crippen LogP contribution in [-0.2, 0) is 0 Å². The average Bonchev–Trinajstić information content (AvgIpc) is 2.97. The van der Waals surface area contributed by atoms with Crippen molar-refractivity contribution in [1.82, 2.24) is 10.3 Å². The molecule has 1 unspecified atom stereocenters. The van der Waals surface area contributed by atoms with Crippen molar-refractivity contribution in [2.75, 3.05) is 6.54 Å². The van der Waals surface area contributed by atoms with Gasteiger partial charge in [-0.3, -0.25) is 0 Å². The van der Waals surface area contributed by atoms with Gasteiger partial charge in [0.05, 0.1) is 11.7 Å². The Bertz CT molecular complexity index is 309. The van der Waals surface area contributed by atoms with Crippen LogP contribution in [0.1, 0.15) is 47.8 Å². The second-order valence-corrected chi connectivity index (χ2v) is 5.70. The van der Waals surface area contributed by atoms with Gasteiger partial charge in [0, 0.05) is 4.88 Å². The summed E-state index contributed by atoms with van der Waals surface area (Å²) in [5.41, 5.74) is 1.21. The second-order valence-electron chi connectivity index (χ2n) is 4.46. The van der Waals surface area contributed by atoms with Gasteiger partial charge in [0.2, 0.25) is 0 Å². The Morgan fingerprint density at radius 2 is 2.20 bits per heavy atom. The van der Waals surface area contributed by atoms with Gasteiger partial charge in [0.1, 0.15) is 5.01 Å². The highest BCUT2D eigenvalue weighted by molar-refractivity contribution is 7.11. The summed E-state index contributed by atoms with van der Waals surface area (Å²) in [7, 11) is 0. The molecule has 1 saturated carbocycles. The zero-order valence-corrected chi connectivity index (χ0v) is 10.7. The number of thiazole rings is 1. The number of aromatic nitrogens is 1. The fraction of sp³-hybridized carbons (Fsp3) is 0.750. The number of nitrogens with zero attached hydrogens (tertiary/aromatic N) is 1. The number of hydrogen-bond acceptors (Lipinski definition) is 3. The van der Waals surface area contributed by atoms with Crippen molar-refractivity contribution in [3.05, 3.63) is 15.6 Å². The van der Waals surface area contributed by atoms with Crippen LogP contribution >= 0.6 is 11.3 Å². The maximum absolute atomic E-state index is 4.68. The first-order valence-corrected chi connectivity index (χ1v) is 6.71. The van der Waals surface area contributed by atoms with E-state index in [1.54, 1.807) is 0 Å². The summed E-state index contributed by atoms with van der Waals surface area (Å²) >= 11 is 1.87. The molecule has 3 heteroatoms. The number of aryl methyl sites for hydroxylation is 2. The van der Waals surface area contributed by atoms with Crippen LogP contribution in [0, 0.1) is 19.8 Å². The van der Waals surface area contributed by atoms with Crippen molar-refractivity contribution in [3.63, 3.8) is 0 Å². The third kappa shape index (κ3) is 2.58. The first-order chi connectivity index (χ1) is 7.22. The molecule has 1 aliphatic rings. The highest BCUT2D eigenvalue weighted by atomic mass is 32.1. The van der Waals surface area contributed by atoms with Crippen LogP contribution in [0.4, 0.5) is 0 Å². The molecule has 1 aromatic rings. The fourth-order valence-electron chi connectivity index (χ4n) is 1.82. The minimum Gasteiger partial charge on any atom is -0.308 e. The van der Waals surface area contributed by atoms with Gasteiger partial charge in [-0.15, -0.1) is 11.3 Å². The molecule has 1 N–H and O–H groups in total. The van der Waals surface area contributed by atoms with Crippen molar-refractivity contribution < 1.29 is 0 Å². The Morgan fingerprint density at radius 3 is 2.67 bits per heavy atom. The molecule has 0 radical (unpaired) electrons. The summed E-state index contributed by atoms with van der Waals surface area (Å²) in [6, 6.07) is 0.530. The van der Waals surface area contributed by atoms with Gasteiger partial charge in [0.25, 0.3) is 0 Å². The summed E-state index contributed by atoms with van der Waals surface area (Å²) in [6.45, 7) is 7.60. The molecule has 84 valence electrons. The van der Waals surface area contributed by atoms with E-state index in [9.17, 15) is 0 Å². The molecule has 0 amide bonds. The lowest BCUT2D eigenvalue weighted by Gasteiger charge is -2.14. The minimum atomic E-state index is 0.530. The molecular formula is C12H20N2S. The van der Waals surface area contributed by atoms with E-state index in [-0.39, 0.29) is 0 Å². The lowest BCUT2D eigenvalue weighted by atomic mass is 10.2. The van der Waals surface area contributed by atoms with Crippen molar-refractivity contribution in [1.29, 1.82) is 0 Å². The lowest BCUT2D eigenvalue weighted by molar-refractivity contribution is 0.479. The van der Waals surface area contributed by atoms with Crippen LogP contribution in [-0.4, -0.2) is 11.5 Å². The van der Waals surface area contributed by atoms with Crippen LogP contribution in [0.25, 0.3) is 0 Å². The van der Waals surface area contributed by atoms with Gasteiger partial charge >= 0.3 is 0 Å². The summed E-state index contributed by atoms with van der Waals surface area (Å²) in [4.78, 5) is 6.05. The summed E-state index contributed by atoms with van der Waals surface area (Å²) in [5, 5.41) is 4.94. The predicted molar refractivity (Wildman–Crippen MR) is 65.3 cm³/mol. The van der Waals surface area contributed by atoms with E-state index in [1.165, 1.54) is 34.8 Å². The molecular weight excluding hydrogens is 204 g/mol. The normalized spacial score (nSPS) is 18.1. The Hall–Kier alpha value is -0.410. The van der Waals surface area contributed by atoms with E-state index in [1.807, 2.05) is 11.3 Å². The maximum atomic E-state index is 4.68. The fourth-order valence-corrected chi connectivity index (χ4v) is 2.91. The van der Waals surface area contributed by atoms with Crippen LogP contribution in [0.3, 0.4) is 0 Å². The zero-order valence-electron chi connectivity index (χ0n) is 9.84. The molecule has 0 aromatic carbocycles. The van der Waals surface area contributed by atoms with Gasteiger partial charge in [0.15, 0.2) is 0 Å². The monoisotopic (exact) mass is 224 g/mol. The first kappa shape index (κ1) is 11.1. The quantitative estimate of drug-likeness (QED) is 0.830. The average molecular weight is 224 g/mol. The molecule has 2 rings (SSSR count). The van der Waals surface area contributed by atoms with Crippen LogP contribution < -0.4 is 5.32 Å². The van der Waals surface area contributed by atoms with Crippen LogP contribution in [0.15, 0.2) is 0 Å². The Kier molecular flexibility index (Phi) is 3.42. The molecule has 1 aliphatic carbocycles. The second kappa shape index (κ2) is 4.62. The molecule has 0 spiro atoms. The Morgan fingerprint density at radius 1 is 1.47 bits per heavy atom. The molecule has 1 heterocycles. The van der Waals surface area contributed by atoms with E-state index >= 15 is 0 Å². The Balaban J connectivity index is 2.09. The van der Waals surface area contributed by atoms with Crippen molar-refractivity contribution in [2.24, 2.45) is 5.92 Å².